The lowest BCUT2D eigenvalue weighted by Crippen LogP contribution is -2.29. The maximum absolute atomic E-state index is 9.88. The van der Waals surface area contributed by atoms with E-state index in [-0.39, 0.29) is 5.75 Å². The molecule has 4 rings (SSSR count). The molecule has 0 spiro atoms. The second-order valence-corrected chi connectivity index (χ2v) is 8.98. The number of ether oxygens (including phenoxy) is 1. The molecule has 0 aliphatic carbocycles. The highest BCUT2D eigenvalue weighted by Crippen LogP contribution is 2.39. The number of thiophene rings is 1. The predicted octanol–water partition coefficient (Wildman–Crippen LogP) is 5.41. The second kappa shape index (κ2) is 9.00. The maximum Gasteiger partial charge on any atom is 0.161 e. The van der Waals surface area contributed by atoms with Crippen LogP contribution < -0.4 is 4.74 Å². The van der Waals surface area contributed by atoms with Gasteiger partial charge in [-0.05, 0) is 45.6 Å². The molecule has 0 radical (unpaired) electrons. The maximum atomic E-state index is 9.88. The number of methoxy groups -OCH3 is 1. The summed E-state index contributed by atoms with van der Waals surface area (Å²) in [5.74, 6) is 0.437. The van der Waals surface area contributed by atoms with Crippen molar-refractivity contribution in [3.63, 3.8) is 0 Å². The number of phenols is 1. The van der Waals surface area contributed by atoms with E-state index < -0.39 is 0 Å². The first-order valence-corrected chi connectivity index (χ1v) is 11.1. The van der Waals surface area contributed by atoms with Crippen LogP contribution in [0.25, 0.3) is 0 Å². The van der Waals surface area contributed by atoms with Gasteiger partial charge in [-0.25, -0.2) is 4.99 Å². The first kappa shape index (κ1) is 20.6. The summed E-state index contributed by atoms with van der Waals surface area (Å²) in [6, 6.07) is 16.1. The molecule has 0 atom stereocenters. The van der Waals surface area contributed by atoms with Gasteiger partial charge in [-0.1, -0.05) is 30.3 Å². The van der Waals surface area contributed by atoms with E-state index in [1.807, 2.05) is 6.07 Å². The van der Waals surface area contributed by atoms with Crippen LogP contribution in [-0.4, -0.2) is 29.9 Å². The Kier molecular flexibility index (Phi) is 6.18. The number of aliphatic imine (C=N–C) groups is 1. The molecule has 1 N–H and O–H groups in total. The molecule has 1 aromatic heterocycles. The quantitative estimate of drug-likeness (QED) is 0.494. The van der Waals surface area contributed by atoms with Crippen molar-refractivity contribution in [2.24, 2.45) is 4.99 Å². The molecule has 1 aliphatic rings. The van der Waals surface area contributed by atoms with Crippen molar-refractivity contribution in [1.29, 1.82) is 5.26 Å². The fourth-order valence-corrected chi connectivity index (χ4v) is 5.19. The molecule has 152 valence electrons. The van der Waals surface area contributed by atoms with Crippen molar-refractivity contribution in [3.8, 4) is 17.6 Å². The van der Waals surface area contributed by atoms with Crippen LogP contribution in [0.3, 0.4) is 0 Å². The molecule has 0 saturated heterocycles. The fourth-order valence-electron chi connectivity index (χ4n) is 3.57. The van der Waals surface area contributed by atoms with Crippen LogP contribution in [0.4, 0.5) is 5.00 Å². The second-order valence-electron chi connectivity index (χ2n) is 7.05. The van der Waals surface area contributed by atoms with E-state index in [1.165, 1.54) is 17.6 Å². The van der Waals surface area contributed by atoms with Gasteiger partial charge in [-0.15, -0.1) is 11.3 Å². The zero-order chi connectivity index (χ0) is 21.1. The Labute approximate surface area is 188 Å². The smallest absolute Gasteiger partial charge is 0.161 e. The monoisotopic (exact) mass is 481 g/mol. The third-order valence-corrected chi connectivity index (χ3v) is 6.91. The third kappa shape index (κ3) is 4.26. The predicted molar refractivity (Wildman–Crippen MR) is 123 cm³/mol. The molecule has 0 fully saturated rings. The molecule has 30 heavy (non-hydrogen) atoms. The average molecular weight is 482 g/mol. The summed E-state index contributed by atoms with van der Waals surface area (Å²) in [6.45, 7) is 2.66. The highest BCUT2D eigenvalue weighted by molar-refractivity contribution is 9.10. The van der Waals surface area contributed by atoms with Crippen molar-refractivity contribution in [2.45, 2.75) is 19.5 Å². The Morgan fingerprint density at radius 3 is 2.87 bits per heavy atom. The van der Waals surface area contributed by atoms with Gasteiger partial charge in [0.1, 0.15) is 11.1 Å². The van der Waals surface area contributed by atoms with Gasteiger partial charge >= 0.3 is 0 Å². The van der Waals surface area contributed by atoms with Gasteiger partial charge in [0.2, 0.25) is 0 Å². The van der Waals surface area contributed by atoms with Crippen LogP contribution in [0.2, 0.25) is 0 Å². The van der Waals surface area contributed by atoms with Gasteiger partial charge in [0.15, 0.2) is 11.5 Å². The number of rotatable bonds is 5. The minimum absolute atomic E-state index is 0.0596. The highest BCUT2D eigenvalue weighted by atomic mass is 79.9. The number of benzene rings is 2. The first-order valence-electron chi connectivity index (χ1n) is 9.50. The third-order valence-electron chi connectivity index (χ3n) is 5.10. The largest absolute Gasteiger partial charge is 0.504 e. The summed E-state index contributed by atoms with van der Waals surface area (Å²) in [5, 5.41) is 20.3. The molecule has 0 saturated carbocycles. The molecule has 2 aromatic carbocycles. The number of fused-ring (bicyclic) bond motifs is 1. The molecule has 3 aromatic rings. The van der Waals surface area contributed by atoms with E-state index in [1.54, 1.807) is 29.7 Å². The zero-order valence-electron chi connectivity index (χ0n) is 16.4. The van der Waals surface area contributed by atoms with Crippen molar-refractivity contribution >= 4 is 38.5 Å². The van der Waals surface area contributed by atoms with Gasteiger partial charge in [-0.2, -0.15) is 5.26 Å². The number of hydrogen-bond acceptors (Lipinski definition) is 6. The van der Waals surface area contributed by atoms with Crippen LogP contribution >= 0.6 is 27.3 Å². The first-order chi connectivity index (χ1) is 14.6. The van der Waals surface area contributed by atoms with Crippen LogP contribution in [0, 0.1) is 11.3 Å². The van der Waals surface area contributed by atoms with Crippen LogP contribution in [0.1, 0.15) is 27.1 Å². The lowest BCUT2D eigenvalue weighted by atomic mass is 10.0. The molecule has 0 bridgehead atoms. The molecule has 1 aliphatic heterocycles. The Balaban J connectivity index is 1.58. The van der Waals surface area contributed by atoms with Gasteiger partial charge in [0.05, 0.1) is 12.7 Å². The van der Waals surface area contributed by atoms with E-state index in [2.05, 4.69) is 56.2 Å². The van der Waals surface area contributed by atoms with E-state index in [0.717, 1.165) is 42.2 Å². The molecule has 5 nitrogen and oxygen atoms in total. The van der Waals surface area contributed by atoms with Crippen LogP contribution in [0.15, 0.2) is 51.9 Å². The number of nitrogens with zero attached hydrogens (tertiary/aromatic N) is 3. The lowest BCUT2D eigenvalue weighted by Gasteiger charge is -2.26. The van der Waals surface area contributed by atoms with Gasteiger partial charge in [0, 0.05) is 40.8 Å². The number of hydrogen-bond donors (Lipinski definition) is 1. The normalized spacial score (nSPS) is 13.9. The van der Waals surface area contributed by atoms with E-state index >= 15 is 0 Å². The van der Waals surface area contributed by atoms with Crippen molar-refractivity contribution in [1.82, 2.24) is 4.90 Å². The average Bonchev–Trinajstić information content (AvgIpc) is 3.10. The van der Waals surface area contributed by atoms with Crippen LogP contribution in [-0.2, 0) is 19.5 Å². The Bertz CT molecular complexity index is 1140. The molecule has 2 heterocycles. The van der Waals surface area contributed by atoms with E-state index in [0.29, 0.717) is 15.8 Å². The number of aromatic hydroxyl groups is 1. The molecular formula is C23H20BrN3O2S. The Morgan fingerprint density at radius 2 is 2.13 bits per heavy atom. The zero-order valence-corrected chi connectivity index (χ0v) is 18.8. The molecule has 7 heteroatoms. The van der Waals surface area contributed by atoms with Crippen molar-refractivity contribution in [2.75, 3.05) is 13.7 Å². The molecule has 0 unspecified atom stereocenters. The minimum atomic E-state index is 0.0596. The lowest BCUT2D eigenvalue weighted by molar-refractivity contribution is 0.249. The molecule has 0 amide bonds. The van der Waals surface area contributed by atoms with Crippen molar-refractivity contribution in [3.05, 3.63) is 74.1 Å². The topological polar surface area (TPSA) is 68.8 Å². The fraction of sp³-hybridized carbons (Fsp3) is 0.217. The minimum Gasteiger partial charge on any atom is -0.504 e. The SMILES string of the molecule is COc1cc(C=Nc2sc3c(c2C#N)CCN(Cc2ccccc2)C3)c(Br)cc1O. The van der Waals surface area contributed by atoms with Crippen molar-refractivity contribution < 1.29 is 9.84 Å². The Hall–Kier alpha value is -2.66. The number of halogens is 1. The van der Waals surface area contributed by atoms with Gasteiger partial charge < -0.3 is 9.84 Å². The number of nitriles is 1. The Morgan fingerprint density at radius 1 is 1.33 bits per heavy atom. The summed E-state index contributed by atoms with van der Waals surface area (Å²) >= 11 is 5.02. The van der Waals surface area contributed by atoms with E-state index in [9.17, 15) is 10.4 Å². The van der Waals surface area contributed by atoms with Gasteiger partial charge in [0.25, 0.3) is 0 Å². The van der Waals surface area contributed by atoms with E-state index in [4.69, 9.17) is 4.74 Å². The highest BCUT2D eigenvalue weighted by Gasteiger charge is 2.24. The number of phenolic OH excluding ortho intramolecular Hbond substituents is 1. The summed E-state index contributed by atoms with van der Waals surface area (Å²) in [7, 11) is 1.51. The standard InChI is InChI=1S/C23H20BrN3O2S/c1-29-21-9-16(19(24)10-20(21)28)12-26-23-18(11-25)17-7-8-27(14-22(17)30-23)13-15-5-3-2-4-6-15/h2-6,9-10,12,28H,7-8,13-14H2,1H3. The summed E-state index contributed by atoms with van der Waals surface area (Å²) < 4.78 is 5.88. The summed E-state index contributed by atoms with van der Waals surface area (Å²) in [5.41, 5.74) is 3.86. The van der Waals surface area contributed by atoms with Crippen LogP contribution in [0.5, 0.6) is 11.5 Å². The summed E-state index contributed by atoms with van der Waals surface area (Å²) in [4.78, 5) is 8.23. The summed E-state index contributed by atoms with van der Waals surface area (Å²) in [6.07, 6.45) is 2.56. The molecular weight excluding hydrogens is 462 g/mol. The van der Waals surface area contributed by atoms with Gasteiger partial charge in [-0.3, -0.25) is 4.90 Å².